The second-order valence-corrected chi connectivity index (χ2v) is 6.85. The molecule has 0 saturated carbocycles. The van der Waals surface area contributed by atoms with E-state index in [-0.39, 0.29) is 27.6 Å². The van der Waals surface area contributed by atoms with Gasteiger partial charge in [0.25, 0.3) is 5.91 Å². The van der Waals surface area contributed by atoms with Gasteiger partial charge in [-0.1, -0.05) is 53.5 Å². The number of nitrogens with zero attached hydrogens (tertiary/aromatic N) is 1. The van der Waals surface area contributed by atoms with E-state index < -0.39 is 5.82 Å². The minimum atomic E-state index is -0.643. The molecule has 0 aliphatic carbocycles. The van der Waals surface area contributed by atoms with Gasteiger partial charge in [0.05, 0.1) is 28.3 Å². The van der Waals surface area contributed by atoms with Crippen LogP contribution in [0.1, 0.15) is 28.8 Å². The van der Waals surface area contributed by atoms with Gasteiger partial charge in [0, 0.05) is 13.1 Å². The Balaban J connectivity index is 1.55. The number of carbonyl (C=O) groups is 1. The standard InChI is InChI=1S/C19H18Cl2FNO2/c20-16-11-17(21)18(22)10-15(16)19(24)23-8-6-14(7-9-23)25-12-13-4-2-1-3-5-13/h1-5,10-11,14H,6-9,12H2. The third-order valence-electron chi connectivity index (χ3n) is 4.30. The fourth-order valence-corrected chi connectivity index (χ4v) is 3.33. The minimum absolute atomic E-state index is 0.0884. The number of likely N-dealkylation sites (tertiary alicyclic amines) is 1. The number of rotatable bonds is 4. The Morgan fingerprint density at radius 1 is 1.12 bits per heavy atom. The molecule has 6 heteroatoms. The zero-order valence-corrected chi connectivity index (χ0v) is 15.1. The average molecular weight is 382 g/mol. The van der Waals surface area contributed by atoms with Crippen molar-refractivity contribution in [3.8, 4) is 0 Å². The summed E-state index contributed by atoms with van der Waals surface area (Å²) >= 11 is 11.7. The fourth-order valence-electron chi connectivity index (χ4n) is 2.87. The topological polar surface area (TPSA) is 29.5 Å². The van der Waals surface area contributed by atoms with Crippen molar-refractivity contribution in [3.63, 3.8) is 0 Å². The number of piperidine rings is 1. The summed E-state index contributed by atoms with van der Waals surface area (Å²) in [6.45, 7) is 1.67. The molecule has 0 aromatic heterocycles. The molecule has 2 aromatic carbocycles. The summed E-state index contributed by atoms with van der Waals surface area (Å²) in [5, 5.41) is 0.0772. The largest absolute Gasteiger partial charge is 0.373 e. The second-order valence-electron chi connectivity index (χ2n) is 6.03. The molecular formula is C19H18Cl2FNO2. The molecule has 0 spiro atoms. The van der Waals surface area contributed by atoms with Gasteiger partial charge >= 0.3 is 0 Å². The molecule has 0 unspecified atom stereocenters. The number of carbonyl (C=O) groups excluding carboxylic acids is 1. The van der Waals surface area contributed by atoms with E-state index in [2.05, 4.69) is 0 Å². The molecule has 1 amide bonds. The lowest BCUT2D eigenvalue weighted by atomic mass is 10.1. The van der Waals surface area contributed by atoms with Crippen molar-refractivity contribution in [1.29, 1.82) is 0 Å². The summed E-state index contributed by atoms with van der Waals surface area (Å²) in [7, 11) is 0. The zero-order valence-electron chi connectivity index (χ0n) is 13.6. The first-order chi connectivity index (χ1) is 12.0. The maximum Gasteiger partial charge on any atom is 0.255 e. The van der Waals surface area contributed by atoms with Crippen molar-refractivity contribution < 1.29 is 13.9 Å². The zero-order chi connectivity index (χ0) is 17.8. The molecule has 2 aromatic rings. The molecule has 1 saturated heterocycles. The smallest absolute Gasteiger partial charge is 0.255 e. The highest BCUT2D eigenvalue weighted by Crippen LogP contribution is 2.26. The molecule has 1 heterocycles. The van der Waals surface area contributed by atoms with Gasteiger partial charge in [0.15, 0.2) is 0 Å². The van der Waals surface area contributed by atoms with Crippen molar-refractivity contribution in [2.45, 2.75) is 25.6 Å². The van der Waals surface area contributed by atoms with Gasteiger partial charge < -0.3 is 9.64 Å². The lowest BCUT2D eigenvalue weighted by Gasteiger charge is -2.32. The highest BCUT2D eigenvalue weighted by Gasteiger charge is 2.26. The van der Waals surface area contributed by atoms with E-state index in [0.717, 1.165) is 24.5 Å². The van der Waals surface area contributed by atoms with Crippen LogP contribution in [0.2, 0.25) is 10.0 Å². The lowest BCUT2D eigenvalue weighted by molar-refractivity contribution is -0.000384. The Hall–Kier alpha value is -1.62. The van der Waals surface area contributed by atoms with Crippen LogP contribution in [0.4, 0.5) is 4.39 Å². The summed E-state index contributed by atoms with van der Waals surface area (Å²) in [4.78, 5) is 14.2. The number of halogens is 3. The van der Waals surface area contributed by atoms with Gasteiger partial charge in [-0.15, -0.1) is 0 Å². The van der Waals surface area contributed by atoms with E-state index in [9.17, 15) is 9.18 Å². The van der Waals surface area contributed by atoms with Crippen LogP contribution in [0.25, 0.3) is 0 Å². The average Bonchev–Trinajstić information content (AvgIpc) is 2.64. The summed E-state index contributed by atoms with van der Waals surface area (Å²) in [5.74, 6) is -0.919. The Labute approximate surface area is 156 Å². The van der Waals surface area contributed by atoms with Crippen molar-refractivity contribution in [2.24, 2.45) is 0 Å². The van der Waals surface area contributed by atoms with Crippen molar-refractivity contribution in [1.82, 2.24) is 4.90 Å². The Morgan fingerprint density at radius 3 is 2.48 bits per heavy atom. The lowest BCUT2D eigenvalue weighted by Crippen LogP contribution is -2.41. The van der Waals surface area contributed by atoms with Crippen LogP contribution >= 0.6 is 23.2 Å². The van der Waals surface area contributed by atoms with Gasteiger partial charge in [-0.25, -0.2) is 4.39 Å². The van der Waals surface area contributed by atoms with Crippen LogP contribution in [0, 0.1) is 5.82 Å². The molecule has 1 aliphatic rings. The van der Waals surface area contributed by atoms with Crippen molar-refractivity contribution >= 4 is 29.1 Å². The third kappa shape index (κ3) is 4.51. The molecule has 0 bridgehead atoms. The van der Waals surface area contributed by atoms with Crippen LogP contribution in [-0.2, 0) is 11.3 Å². The van der Waals surface area contributed by atoms with Gasteiger partial charge in [-0.3, -0.25) is 4.79 Å². The second kappa shape index (κ2) is 8.17. The summed E-state index contributed by atoms with van der Waals surface area (Å²) in [6, 6.07) is 12.3. The number of amides is 1. The van der Waals surface area contributed by atoms with Crippen LogP contribution in [-0.4, -0.2) is 30.0 Å². The first kappa shape index (κ1) is 18.2. The molecule has 0 atom stereocenters. The molecule has 25 heavy (non-hydrogen) atoms. The molecule has 0 N–H and O–H groups in total. The number of hydrogen-bond donors (Lipinski definition) is 0. The van der Waals surface area contributed by atoms with E-state index in [1.807, 2.05) is 30.3 Å². The molecule has 0 radical (unpaired) electrons. The molecule has 3 rings (SSSR count). The third-order valence-corrected chi connectivity index (χ3v) is 4.90. The van der Waals surface area contributed by atoms with Gasteiger partial charge in [-0.05, 0) is 30.5 Å². The van der Waals surface area contributed by atoms with Crippen molar-refractivity contribution in [2.75, 3.05) is 13.1 Å². The van der Waals surface area contributed by atoms with E-state index in [1.165, 1.54) is 6.07 Å². The summed E-state index contributed by atoms with van der Waals surface area (Å²) in [6.07, 6.45) is 1.60. The molecule has 132 valence electrons. The van der Waals surface area contributed by atoms with Crippen LogP contribution in [0.15, 0.2) is 42.5 Å². The Kier molecular flexibility index (Phi) is 5.94. The minimum Gasteiger partial charge on any atom is -0.373 e. The summed E-state index contributed by atoms with van der Waals surface area (Å²) < 4.78 is 19.5. The van der Waals surface area contributed by atoms with E-state index in [4.69, 9.17) is 27.9 Å². The van der Waals surface area contributed by atoms with Crippen molar-refractivity contribution in [3.05, 3.63) is 69.5 Å². The normalized spacial score (nSPS) is 15.4. The Morgan fingerprint density at radius 2 is 1.80 bits per heavy atom. The first-order valence-electron chi connectivity index (χ1n) is 8.14. The maximum absolute atomic E-state index is 13.6. The molecule has 1 aliphatic heterocycles. The van der Waals surface area contributed by atoms with Crippen LogP contribution in [0.5, 0.6) is 0 Å². The van der Waals surface area contributed by atoms with Gasteiger partial charge in [-0.2, -0.15) is 0 Å². The molecular weight excluding hydrogens is 364 g/mol. The first-order valence-corrected chi connectivity index (χ1v) is 8.89. The fraction of sp³-hybridized carbons (Fsp3) is 0.316. The van der Waals surface area contributed by atoms with E-state index in [0.29, 0.717) is 19.7 Å². The maximum atomic E-state index is 13.6. The highest BCUT2D eigenvalue weighted by atomic mass is 35.5. The van der Waals surface area contributed by atoms with Crippen LogP contribution in [0.3, 0.4) is 0 Å². The highest BCUT2D eigenvalue weighted by molar-refractivity contribution is 6.36. The van der Waals surface area contributed by atoms with Gasteiger partial charge in [0.1, 0.15) is 5.82 Å². The van der Waals surface area contributed by atoms with E-state index >= 15 is 0 Å². The molecule has 1 fully saturated rings. The SMILES string of the molecule is O=C(c1cc(F)c(Cl)cc1Cl)N1CCC(OCc2ccccc2)CC1. The monoisotopic (exact) mass is 381 g/mol. The van der Waals surface area contributed by atoms with E-state index in [1.54, 1.807) is 4.90 Å². The summed E-state index contributed by atoms with van der Waals surface area (Å²) in [5.41, 5.74) is 1.27. The predicted molar refractivity (Wildman–Crippen MR) is 96.6 cm³/mol. The number of ether oxygens (including phenoxy) is 1. The number of hydrogen-bond acceptors (Lipinski definition) is 2. The quantitative estimate of drug-likeness (QED) is 0.700. The predicted octanol–water partition coefficient (Wildman–Crippen LogP) is 4.95. The van der Waals surface area contributed by atoms with Gasteiger partial charge in [0.2, 0.25) is 0 Å². The number of benzene rings is 2. The van der Waals surface area contributed by atoms with Crippen LogP contribution < -0.4 is 0 Å². The molecule has 3 nitrogen and oxygen atoms in total. The Bertz CT molecular complexity index is 747.